The number of aryl methyl sites for hydroxylation is 1. The van der Waals surface area contributed by atoms with Gasteiger partial charge in [-0.05, 0) is 11.5 Å². The average Bonchev–Trinajstić information content (AvgIpc) is 2.92. The van der Waals surface area contributed by atoms with E-state index in [1.165, 1.54) is 17.1 Å². The average molecular weight is 309 g/mol. The molecule has 2 N–H and O–H groups in total. The molecule has 7 heteroatoms. The van der Waals surface area contributed by atoms with Gasteiger partial charge in [0.05, 0.1) is 18.8 Å². The van der Waals surface area contributed by atoms with Gasteiger partial charge < -0.3 is 5.11 Å². The first-order valence-corrected chi connectivity index (χ1v) is 8.09. The van der Waals surface area contributed by atoms with Crippen molar-refractivity contribution >= 4 is 10.0 Å². The van der Waals surface area contributed by atoms with E-state index >= 15 is 0 Å². The Labute approximate surface area is 124 Å². The lowest BCUT2D eigenvalue weighted by molar-refractivity contribution is 0.242. The van der Waals surface area contributed by atoms with Gasteiger partial charge in [-0.3, -0.25) is 4.68 Å². The number of aliphatic hydroxyl groups is 1. The number of hydrogen-bond donors (Lipinski definition) is 2. The van der Waals surface area contributed by atoms with E-state index in [0.717, 1.165) is 5.56 Å². The fourth-order valence-corrected chi connectivity index (χ4v) is 3.38. The lowest BCUT2D eigenvalue weighted by atomic mass is 9.94. The lowest BCUT2D eigenvalue weighted by Crippen LogP contribution is -2.40. The van der Waals surface area contributed by atoms with Crippen molar-refractivity contribution in [2.45, 2.75) is 23.8 Å². The first-order valence-electron chi connectivity index (χ1n) is 6.61. The van der Waals surface area contributed by atoms with Crippen LogP contribution in [0.5, 0.6) is 0 Å². The molecule has 0 fully saturated rings. The normalized spacial score (nSPS) is 14.8. The molecule has 0 spiro atoms. The van der Waals surface area contributed by atoms with E-state index < -0.39 is 16.1 Å². The van der Waals surface area contributed by atoms with Crippen LogP contribution >= 0.6 is 0 Å². The van der Waals surface area contributed by atoms with Crippen molar-refractivity contribution in [3.63, 3.8) is 0 Å². The van der Waals surface area contributed by atoms with Crippen LogP contribution in [0.15, 0.2) is 47.6 Å². The maximum atomic E-state index is 12.3. The third kappa shape index (κ3) is 3.69. The SMILES string of the molecule is C[C@H](c1ccccc1)[C@@H](CO)NS(=O)(=O)c1cnn(C)c1. The standard InChI is InChI=1S/C14H19N3O3S/c1-11(12-6-4-3-5-7-12)14(10-18)16-21(19,20)13-8-15-17(2)9-13/h3-9,11,14,16,18H,10H2,1-2H3/t11-,14-/m1/s1. The van der Waals surface area contributed by atoms with Crippen LogP contribution in [0.1, 0.15) is 18.4 Å². The second kappa shape index (κ2) is 6.38. The molecule has 0 aliphatic heterocycles. The van der Waals surface area contributed by atoms with Gasteiger partial charge in [-0.1, -0.05) is 37.3 Å². The molecule has 1 aromatic carbocycles. The molecular formula is C14H19N3O3S. The van der Waals surface area contributed by atoms with Gasteiger partial charge in [0, 0.05) is 13.2 Å². The minimum Gasteiger partial charge on any atom is -0.395 e. The molecule has 0 bridgehead atoms. The van der Waals surface area contributed by atoms with Crippen LogP contribution in [0.25, 0.3) is 0 Å². The zero-order valence-electron chi connectivity index (χ0n) is 12.0. The first-order chi connectivity index (χ1) is 9.94. The Balaban J connectivity index is 2.19. The lowest BCUT2D eigenvalue weighted by Gasteiger charge is -2.23. The summed E-state index contributed by atoms with van der Waals surface area (Å²) in [6.45, 7) is 1.59. The molecule has 0 aliphatic carbocycles. The van der Waals surface area contributed by atoms with E-state index in [0.29, 0.717) is 0 Å². The van der Waals surface area contributed by atoms with Crippen molar-refractivity contribution in [1.82, 2.24) is 14.5 Å². The van der Waals surface area contributed by atoms with E-state index in [4.69, 9.17) is 0 Å². The number of nitrogens with one attached hydrogen (secondary N) is 1. The van der Waals surface area contributed by atoms with Crippen molar-refractivity contribution in [1.29, 1.82) is 0 Å². The van der Waals surface area contributed by atoms with Crippen LogP contribution in [-0.2, 0) is 17.1 Å². The van der Waals surface area contributed by atoms with Crippen LogP contribution in [0.2, 0.25) is 0 Å². The highest BCUT2D eigenvalue weighted by Gasteiger charge is 2.25. The summed E-state index contributed by atoms with van der Waals surface area (Å²) in [5.41, 5.74) is 0.963. The van der Waals surface area contributed by atoms with Crippen LogP contribution < -0.4 is 4.72 Å². The van der Waals surface area contributed by atoms with Gasteiger partial charge in [0.2, 0.25) is 10.0 Å². The molecule has 0 radical (unpaired) electrons. The quantitative estimate of drug-likeness (QED) is 0.829. The third-order valence-electron chi connectivity index (χ3n) is 3.42. The zero-order valence-corrected chi connectivity index (χ0v) is 12.8. The molecule has 0 aliphatic rings. The first kappa shape index (κ1) is 15.7. The number of hydrogen-bond acceptors (Lipinski definition) is 4. The van der Waals surface area contributed by atoms with E-state index in [9.17, 15) is 13.5 Å². The summed E-state index contributed by atoms with van der Waals surface area (Å²) < 4.78 is 28.5. The minimum absolute atomic E-state index is 0.0868. The topological polar surface area (TPSA) is 84.2 Å². The Hall–Kier alpha value is -1.70. The van der Waals surface area contributed by atoms with Crippen molar-refractivity contribution in [3.8, 4) is 0 Å². The molecule has 0 saturated heterocycles. The van der Waals surface area contributed by atoms with Gasteiger partial charge in [0.15, 0.2) is 0 Å². The molecule has 21 heavy (non-hydrogen) atoms. The van der Waals surface area contributed by atoms with Crippen LogP contribution in [0, 0.1) is 0 Å². The molecule has 2 rings (SSSR count). The molecule has 2 atom stereocenters. The second-order valence-electron chi connectivity index (χ2n) is 4.96. The summed E-state index contributed by atoms with van der Waals surface area (Å²) in [4.78, 5) is 0.0868. The highest BCUT2D eigenvalue weighted by atomic mass is 32.2. The fraction of sp³-hybridized carbons (Fsp3) is 0.357. The highest BCUT2D eigenvalue weighted by molar-refractivity contribution is 7.89. The largest absolute Gasteiger partial charge is 0.395 e. The summed E-state index contributed by atoms with van der Waals surface area (Å²) in [5.74, 6) is -0.150. The van der Waals surface area contributed by atoms with Crippen molar-refractivity contribution in [2.24, 2.45) is 7.05 Å². The van der Waals surface area contributed by atoms with Crippen LogP contribution in [-0.4, -0.2) is 36.0 Å². The van der Waals surface area contributed by atoms with E-state index in [1.807, 2.05) is 37.3 Å². The second-order valence-corrected chi connectivity index (χ2v) is 6.67. The number of sulfonamides is 1. The maximum Gasteiger partial charge on any atom is 0.244 e. The Kier molecular flexibility index (Phi) is 4.76. The third-order valence-corrected chi connectivity index (χ3v) is 4.87. The number of aromatic nitrogens is 2. The Morgan fingerprint density at radius 3 is 2.52 bits per heavy atom. The Bertz CT molecular complexity index is 682. The molecule has 0 saturated carbocycles. The Morgan fingerprint density at radius 2 is 2.00 bits per heavy atom. The number of nitrogens with zero attached hydrogens (tertiary/aromatic N) is 2. The predicted molar refractivity (Wildman–Crippen MR) is 79.3 cm³/mol. The van der Waals surface area contributed by atoms with Crippen molar-refractivity contribution in [3.05, 3.63) is 48.3 Å². The van der Waals surface area contributed by atoms with Crippen molar-refractivity contribution < 1.29 is 13.5 Å². The molecule has 114 valence electrons. The summed E-state index contributed by atoms with van der Waals surface area (Å²) in [7, 11) is -2.05. The van der Waals surface area contributed by atoms with E-state index in [2.05, 4.69) is 9.82 Å². The maximum absolute atomic E-state index is 12.3. The molecule has 1 heterocycles. The van der Waals surface area contributed by atoms with Crippen molar-refractivity contribution in [2.75, 3.05) is 6.61 Å². The van der Waals surface area contributed by atoms with Gasteiger partial charge in [-0.15, -0.1) is 0 Å². The molecule has 0 unspecified atom stereocenters. The molecule has 2 aromatic rings. The van der Waals surface area contributed by atoms with E-state index in [-0.39, 0.29) is 17.4 Å². The van der Waals surface area contributed by atoms with Crippen LogP contribution in [0.3, 0.4) is 0 Å². The Morgan fingerprint density at radius 1 is 1.33 bits per heavy atom. The molecule has 6 nitrogen and oxygen atoms in total. The van der Waals surface area contributed by atoms with E-state index in [1.54, 1.807) is 7.05 Å². The smallest absolute Gasteiger partial charge is 0.244 e. The molecular weight excluding hydrogens is 290 g/mol. The van der Waals surface area contributed by atoms with Gasteiger partial charge in [-0.25, -0.2) is 13.1 Å². The predicted octanol–water partition coefficient (Wildman–Crippen LogP) is 0.863. The number of benzene rings is 1. The number of aliphatic hydroxyl groups excluding tert-OH is 1. The highest BCUT2D eigenvalue weighted by Crippen LogP contribution is 2.20. The number of rotatable bonds is 6. The summed E-state index contributed by atoms with van der Waals surface area (Å²) in [5, 5.41) is 13.4. The van der Waals surface area contributed by atoms with Gasteiger partial charge in [-0.2, -0.15) is 5.10 Å². The molecule has 0 amide bonds. The zero-order chi connectivity index (χ0) is 15.5. The summed E-state index contributed by atoms with van der Waals surface area (Å²) in [6, 6.07) is 8.88. The molecule has 1 aromatic heterocycles. The summed E-state index contributed by atoms with van der Waals surface area (Å²) in [6.07, 6.45) is 2.70. The van der Waals surface area contributed by atoms with Gasteiger partial charge in [0.1, 0.15) is 4.90 Å². The summed E-state index contributed by atoms with van der Waals surface area (Å²) >= 11 is 0. The van der Waals surface area contributed by atoms with Crippen LogP contribution in [0.4, 0.5) is 0 Å². The fourth-order valence-electron chi connectivity index (χ4n) is 2.09. The van der Waals surface area contributed by atoms with Gasteiger partial charge >= 0.3 is 0 Å². The van der Waals surface area contributed by atoms with Gasteiger partial charge in [0.25, 0.3) is 0 Å². The monoisotopic (exact) mass is 309 g/mol. The minimum atomic E-state index is -3.70.